The highest BCUT2D eigenvalue weighted by molar-refractivity contribution is 9.10. The first-order valence-electron chi connectivity index (χ1n) is 9.83. The van der Waals surface area contributed by atoms with Gasteiger partial charge in [-0.3, -0.25) is 4.79 Å². The molecule has 0 aromatic heterocycles. The van der Waals surface area contributed by atoms with Gasteiger partial charge in [0.2, 0.25) is 10.0 Å². The first kappa shape index (κ1) is 21.0. The Kier molecular flexibility index (Phi) is 5.70. The van der Waals surface area contributed by atoms with Crippen LogP contribution in [-0.4, -0.2) is 26.0 Å². The zero-order valence-electron chi connectivity index (χ0n) is 16.3. The van der Waals surface area contributed by atoms with E-state index in [0.29, 0.717) is 5.39 Å². The van der Waals surface area contributed by atoms with E-state index in [1.165, 1.54) is 0 Å². The van der Waals surface area contributed by atoms with Gasteiger partial charge in [0.05, 0.1) is 4.90 Å². The Labute approximate surface area is 184 Å². The highest BCUT2D eigenvalue weighted by Gasteiger charge is 2.41. The first-order chi connectivity index (χ1) is 14.3. The molecule has 0 atom stereocenters. The van der Waals surface area contributed by atoms with Crippen LogP contribution in [0.3, 0.4) is 0 Å². The van der Waals surface area contributed by atoms with Gasteiger partial charge in [0, 0.05) is 15.3 Å². The van der Waals surface area contributed by atoms with Gasteiger partial charge in [0.15, 0.2) is 0 Å². The van der Waals surface area contributed by atoms with Gasteiger partial charge >= 0.3 is 5.97 Å². The van der Waals surface area contributed by atoms with E-state index < -0.39 is 28.0 Å². The molecule has 1 fully saturated rings. The monoisotopic (exact) mass is 487 g/mol. The number of hydrogen-bond acceptors (Lipinski definition) is 3. The molecule has 0 radical (unpaired) electrons. The molecule has 156 valence electrons. The summed E-state index contributed by atoms with van der Waals surface area (Å²) in [6.07, 6.45) is 3.69. The van der Waals surface area contributed by atoms with E-state index >= 15 is 0 Å². The molecule has 0 spiro atoms. The fourth-order valence-corrected chi connectivity index (χ4v) is 6.35. The smallest absolute Gasteiger partial charge is 0.318 e. The third kappa shape index (κ3) is 3.77. The molecule has 1 aliphatic carbocycles. The van der Waals surface area contributed by atoms with E-state index in [-0.39, 0.29) is 4.90 Å². The quantitative estimate of drug-likeness (QED) is 0.521. The summed E-state index contributed by atoms with van der Waals surface area (Å²) in [4.78, 5) is 11.3. The second-order valence-electron chi connectivity index (χ2n) is 7.68. The lowest BCUT2D eigenvalue weighted by molar-refractivity contribution is -0.135. The van der Waals surface area contributed by atoms with Crippen LogP contribution >= 0.6 is 15.9 Å². The van der Waals surface area contributed by atoms with E-state index in [4.69, 9.17) is 5.11 Å². The Bertz CT molecular complexity index is 1200. The van der Waals surface area contributed by atoms with Gasteiger partial charge in [-0.1, -0.05) is 77.3 Å². The van der Waals surface area contributed by atoms with E-state index in [9.17, 15) is 13.2 Å². The number of benzene rings is 3. The van der Waals surface area contributed by atoms with Crippen LogP contribution in [0.15, 0.2) is 70.0 Å². The molecular formula is C23H22BrNO4S. The SMILES string of the molecule is O=C(O)CNS(=O)(=O)c1c(C2(c3ccc(Br)cc3)CCCC2)ccc2ccccc12. The van der Waals surface area contributed by atoms with Crippen molar-refractivity contribution in [3.63, 3.8) is 0 Å². The third-order valence-corrected chi connectivity index (χ3v) is 7.96. The summed E-state index contributed by atoms with van der Waals surface area (Å²) >= 11 is 3.48. The van der Waals surface area contributed by atoms with Crippen molar-refractivity contribution in [2.45, 2.75) is 36.0 Å². The summed E-state index contributed by atoms with van der Waals surface area (Å²) in [5.74, 6) is -1.22. The molecule has 30 heavy (non-hydrogen) atoms. The molecule has 0 aliphatic heterocycles. The number of halogens is 1. The second-order valence-corrected chi connectivity index (χ2v) is 10.3. The van der Waals surface area contributed by atoms with Crippen LogP contribution < -0.4 is 4.72 Å². The molecule has 1 saturated carbocycles. The number of rotatable bonds is 6. The van der Waals surface area contributed by atoms with Crippen molar-refractivity contribution in [1.82, 2.24) is 4.72 Å². The minimum atomic E-state index is -4.04. The summed E-state index contributed by atoms with van der Waals surface area (Å²) in [5.41, 5.74) is 1.38. The summed E-state index contributed by atoms with van der Waals surface area (Å²) < 4.78 is 30.0. The fraction of sp³-hybridized carbons (Fsp3) is 0.261. The number of fused-ring (bicyclic) bond motifs is 1. The lowest BCUT2D eigenvalue weighted by atomic mass is 9.72. The average Bonchev–Trinajstić information content (AvgIpc) is 3.23. The zero-order valence-corrected chi connectivity index (χ0v) is 18.7. The largest absolute Gasteiger partial charge is 0.480 e. The molecule has 2 N–H and O–H groups in total. The number of carboxylic acids is 1. The van der Waals surface area contributed by atoms with Gasteiger partial charge in [0.25, 0.3) is 0 Å². The predicted molar refractivity (Wildman–Crippen MR) is 120 cm³/mol. The molecule has 0 amide bonds. The molecule has 1 aliphatic rings. The highest BCUT2D eigenvalue weighted by Crippen LogP contribution is 2.49. The van der Waals surface area contributed by atoms with E-state index in [1.807, 2.05) is 54.6 Å². The van der Waals surface area contributed by atoms with Gasteiger partial charge in [-0.25, -0.2) is 8.42 Å². The number of aliphatic carboxylic acids is 1. The maximum Gasteiger partial charge on any atom is 0.318 e. The Morgan fingerprint density at radius 2 is 1.67 bits per heavy atom. The van der Waals surface area contributed by atoms with Crippen LogP contribution in [0.2, 0.25) is 0 Å². The lowest BCUT2D eigenvalue weighted by Crippen LogP contribution is -2.33. The third-order valence-electron chi connectivity index (χ3n) is 5.93. The molecule has 0 heterocycles. The first-order valence-corrected chi connectivity index (χ1v) is 12.1. The molecule has 5 nitrogen and oxygen atoms in total. The summed E-state index contributed by atoms with van der Waals surface area (Å²) in [6, 6.07) is 19.3. The highest BCUT2D eigenvalue weighted by atomic mass is 79.9. The van der Waals surface area contributed by atoms with Crippen LogP contribution in [0, 0.1) is 0 Å². The molecule has 0 saturated heterocycles. The van der Waals surface area contributed by atoms with Crippen LogP contribution in [0.1, 0.15) is 36.8 Å². The molecule has 3 aromatic rings. The number of sulfonamides is 1. The van der Waals surface area contributed by atoms with Gasteiger partial charge in [0.1, 0.15) is 6.54 Å². The summed E-state index contributed by atoms with van der Waals surface area (Å²) in [7, 11) is -4.04. The zero-order chi connectivity index (χ0) is 21.4. The van der Waals surface area contributed by atoms with Crippen LogP contribution in [0.4, 0.5) is 0 Å². The van der Waals surface area contributed by atoms with Crippen LogP contribution in [0.5, 0.6) is 0 Å². The number of carboxylic acid groups (broad SMARTS) is 1. The normalized spacial score (nSPS) is 16.0. The molecular weight excluding hydrogens is 466 g/mol. The van der Waals surface area contributed by atoms with Crippen molar-refractivity contribution in [2.24, 2.45) is 0 Å². The van der Waals surface area contributed by atoms with E-state index in [1.54, 1.807) is 6.07 Å². The summed E-state index contributed by atoms with van der Waals surface area (Å²) in [5, 5.41) is 10.5. The van der Waals surface area contributed by atoms with E-state index in [2.05, 4.69) is 20.7 Å². The Morgan fingerprint density at radius 3 is 2.33 bits per heavy atom. The maximum absolute atomic E-state index is 13.4. The van der Waals surface area contributed by atoms with Gasteiger partial charge in [-0.05, 0) is 41.5 Å². The van der Waals surface area contributed by atoms with Crippen LogP contribution in [-0.2, 0) is 20.2 Å². The standard InChI is InChI=1S/C23H22BrNO4S/c24-18-10-8-17(9-11-18)23(13-3-4-14-23)20-12-7-16-5-1-2-6-19(16)22(20)30(28,29)25-15-21(26)27/h1-2,5-12,25H,3-4,13-15H2,(H,26,27). The van der Waals surface area contributed by atoms with E-state index in [0.717, 1.165) is 46.7 Å². The Morgan fingerprint density at radius 1 is 1.00 bits per heavy atom. The van der Waals surface area contributed by atoms with Crippen molar-refractivity contribution in [3.05, 3.63) is 76.3 Å². The molecule has 3 aromatic carbocycles. The molecule has 7 heteroatoms. The fourth-order valence-electron chi connectivity index (χ4n) is 4.60. The maximum atomic E-state index is 13.4. The van der Waals surface area contributed by atoms with Crippen molar-refractivity contribution in [3.8, 4) is 0 Å². The van der Waals surface area contributed by atoms with Crippen molar-refractivity contribution < 1.29 is 18.3 Å². The molecule has 0 unspecified atom stereocenters. The molecule has 0 bridgehead atoms. The number of carbonyl (C=O) groups is 1. The lowest BCUT2D eigenvalue weighted by Gasteiger charge is -2.33. The second kappa shape index (κ2) is 8.13. The van der Waals surface area contributed by atoms with Crippen LogP contribution in [0.25, 0.3) is 10.8 Å². The van der Waals surface area contributed by atoms with Crippen molar-refractivity contribution in [2.75, 3.05) is 6.54 Å². The average molecular weight is 488 g/mol. The number of hydrogen-bond donors (Lipinski definition) is 2. The molecule has 4 rings (SSSR count). The van der Waals surface area contributed by atoms with Gasteiger partial charge < -0.3 is 5.11 Å². The minimum absolute atomic E-state index is 0.187. The Hall–Kier alpha value is -2.22. The van der Waals surface area contributed by atoms with Gasteiger partial charge in [-0.2, -0.15) is 4.72 Å². The van der Waals surface area contributed by atoms with Crippen molar-refractivity contribution >= 4 is 42.7 Å². The predicted octanol–water partition coefficient (Wildman–Crippen LogP) is 4.83. The number of nitrogens with one attached hydrogen (secondary N) is 1. The van der Waals surface area contributed by atoms with Crippen molar-refractivity contribution in [1.29, 1.82) is 0 Å². The Balaban J connectivity index is 2.00. The van der Waals surface area contributed by atoms with Gasteiger partial charge in [-0.15, -0.1) is 0 Å². The minimum Gasteiger partial charge on any atom is -0.480 e. The summed E-state index contributed by atoms with van der Waals surface area (Å²) in [6.45, 7) is -0.656. The topological polar surface area (TPSA) is 83.5 Å².